The molecule has 1 saturated carbocycles. The first-order valence-corrected chi connectivity index (χ1v) is 6.70. The van der Waals surface area contributed by atoms with Gasteiger partial charge in [0, 0.05) is 6.54 Å². The summed E-state index contributed by atoms with van der Waals surface area (Å²) in [5.41, 5.74) is 1.87. The first-order valence-electron chi connectivity index (χ1n) is 6.70. The van der Waals surface area contributed by atoms with Crippen LogP contribution < -0.4 is 0 Å². The minimum atomic E-state index is -0.913. The van der Waals surface area contributed by atoms with E-state index < -0.39 is 5.97 Å². The molecule has 19 heavy (non-hydrogen) atoms. The van der Waals surface area contributed by atoms with E-state index >= 15 is 0 Å². The van der Waals surface area contributed by atoms with Crippen LogP contribution in [0.1, 0.15) is 36.5 Å². The molecule has 1 aliphatic rings. The Labute approximate surface area is 111 Å². The normalized spacial score (nSPS) is 23.0. The molecule has 1 N–H and O–H groups in total. The van der Waals surface area contributed by atoms with Gasteiger partial charge in [-0.3, -0.25) is 0 Å². The van der Waals surface area contributed by atoms with Gasteiger partial charge in [0.15, 0.2) is 0 Å². The number of rotatable bonds is 3. The molecule has 3 rings (SSSR count). The number of benzene rings is 1. The third kappa shape index (κ3) is 2.32. The van der Waals surface area contributed by atoms with E-state index in [0.29, 0.717) is 5.92 Å². The van der Waals surface area contributed by atoms with Crippen molar-refractivity contribution in [3.8, 4) is 0 Å². The molecule has 1 aliphatic carbocycles. The van der Waals surface area contributed by atoms with E-state index in [-0.39, 0.29) is 5.56 Å². The van der Waals surface area contributed by atoms with E-state index in [0.717, 1.165) is 23.5 Å². The Bertz CT molecular complexity index is 620. The highest BCUT2D eigenvalue weighted by atomic mass is 16.4. The Hall–Kier alpha value is -1.91. The average Bonchev–Trinajstić information content (AvgIpc) is 2.96. The fraction of sp³-hybridized carbons (Fsp3) is 0.500. The molecule has 0 aliphatic heterocycles. The maximum Gasteiger partial charge on any atom is 0.335 e. The van der Waals surface area contributed by atoms with Crippen LogP contribution in [-0.4, -0.2) is 26.1 Å². The summed E-state index contributed by atoms with van der Waals surface area (Å²) in [5, 5.41) is 17.3. The zero-order valence-corrected chi connectivity index (χ0v) is 10.9. The third-order valence-corrected chi connectivity index (χ3v) is 4.00. The van der Waals surface area contributed by atoms with Crippen molar-refractivity contribution >= 4 is 17.0 Å². The fourth-order valence-corrected chi connectivity index (χ4v) is 2.97. The molecule has 2 aromatic rings. The van der Waals surface area contributed by atoms with Crippen molar-refractivity contribution in [1.29, 1.82) is 0 Å². The summed E-state index contributed by atoms with van der Waals surface area (Å²) >= 11 is 0. The lowest BCUT2D eigenvalue weighted by Gasteiger charge is -2.09. The number of carboxylic acid groups (broad SMARTS) is 1. The van der Waals surface area contributed by atoms with Crippen molar-refractivity contribution in [2.75, 3.05) is 0 Å². The first-order chi connectivity index (χ1) is 9.13. The molecule has 1 fully saturated rings. The molecule has 5 heteroatoms. The van der Waals surface area contributed by atoms with Gasteiger partial charge >= 0.3 is 5.97 Å². The van der Waals surface area contributed by atoms with Crippen molar-refractivity contribution in [3.63, 3.8) is 0 Å². The maximum atomic E-state index is 11.0. The van der Waals surface area contributed by atoms with Crippen LogP contribution >= 0.6 is 0 Å². The number of fused-ring (bicyclic) bond motifs is 1. The Balaban J connectivity index is 1.90. The molecule has 1 aromatic heterocycles. The van der Waals surface area contributed by atoms with Crippen LogP contribution in [0, 0.1) is 11.8 Å². The van der Waals surface area contributed by atoms with Crippen molar-refractivity contribution in [2.24, 2.45) is 11.8 Å². The number of aromatic carboxylic acids is 1. The Morgan fingerprint density at radius 2 is 2.32 bits per heavy atom. The van der Waals surface area contributed by atoms with Gasteiger partial charge in [0.25, 0.3) is 0 Å². The highest BCUT2D eigenvalue weighted by molar-refractivity contribution is 5.92. The standard InChI is InChI=1S/C14H17N3O2/c1-9-2-3-10(6-9)8-17-13-7-11(14(18)19)4-5-12(13)15-16-17/h4-5,7,9-10H,2-3,6,8H2,1H3,(H,18,19). The van der Waals surface area contributed by atoms with Crippen molar-refractivity contribution < 1.29 is 9.90 Å². The van der Waals surface area contributed by atoms with Crippen LogP contribution in [0.2, 0.25) is 0 Å². The molecule has 2 atom stereocenters. The zero-order valence-electron chi connectivity index (χ0n) is 10.9. The minimum Gasteiger partial charge on any atom is -0.478 e. The van der Waals surface area contributed by atoms with E-state index in [1.54, 1.807) is 18.2 Å². The largest absolute Gasteiger partial charge is 0.478 e. The van der Waals surface area contributed by atoms with E-state index in [1.165, 1.54) is 19.3 Å². The predicted molar refractivity (Wildman–Crippen MR) is 71.0 cm³/mol. The number of hydrogen-bond donors (Lipinski definition) is 1. The van der Waals surface area contributed by atoms with Gasteiger partial charge in [-0.1, -0.05) is 18.6 Å². The van der Waals surface area contributed by atoms with Gasteiger partial charge in [-0.2, -0.15) is 0 Å². The van der Waals surface area contributed by atoms with Gasteiger partial charge in [-0.25, -0.2) is 9.48 Å². The highest BCUT2D eigenvalue weighted by Gasteiger charge is 2.22. The summed E-state index contributed by atoms with van der Waals surface area (Å²) < 4.78 is 1.85. The van der Waals surface area contributed by atoms with E-state index in [4.69, 9.17) is 5.11 Å². The molecule has 100 valence electrons. The molecule has 5 nitrogen and oxygen atoms in total. The Morgan fingerprint density at radius 3 is 3.00 bits per heavy atom. The van der Waals surface area contributed by atoms with Crippen LogP contribution in [-0.2, 0) is 6.54 Å². The maximum absolute atomic E-state index is 11.0. The molecule has 1 aromatic carbocycles. The van der Waals surface area contributed by atoms with Gasteiger partial charge in [-0.05, 0) is 42.9 Å². The van der Waals surface area contributed by atoms with Crippen LogP contribution in [0.5, 0.6) is 0 Å². The summed E-state index contributed by atoms with van der Waals surface area (Å²) in [6, 6.07) is 4.96. The molecular weight excluding hydrogens is 242 g/mol. The van der Waals surface area contributed by atoms with Crippen LogP contribution in [0.3, 0.4) is 0 Å². The Morgan fingerprint density at radius 1 is 1.47 bits per heavy atom. The average molecular weight is 259 g/mol. The summed E-state index contributed by atoms with van der Waals surface area (Å²) in [4.78, 5) is 11.0. The lowest BCUT2D eigenvalue weighted by atomic mass is 10.1. The quantitative estimate of drug-likeness (QED) is 0.919. The predicted octanol–water partition coefficient (Wildman–Crippen LogP) is 2.57. The van der Waals surface area contributed by atoms with Crippen LogP contribution in [0.15, 0.2) is 18.2 Å². The topological polar surface area (TPSA) is 68.0 Å². The number of nitrogens with zero attached hydrogens (tertiary/aromatic N) is 3. The first kappa shape index (κ1) is 12.1. The summed E-state index contributed by atoms with van der Waals surface area (Å²) in [7, 11) is 0. The second-order valence-electron chi connectivity index (χ2n) is 5.56. The zero-order chi connectivity index (χ0) is 13.4. The van der Waals surface area contributed by atoms with Gasteiger partial charge in [0.05, 0.1) is 11.1 Å². The monoisotopic (exact) mass is 259 g/mol. The van der Waals surface area contributed by atoms with Crippen LogP contribution in [0.25, 0.3) is 11.0 Å². The number of hydrogen-bond acceptors (Lipinski definition) is 3. The van der Waals surface area contributed by atoms with Gasteiger partial charge in [0.1, 0.15) is 5.52 Å². The van der Waals surface area contributed by atoms with E-state index in [9.17, 15) is 4.79 Å². The van der Waals surface area contributed by atoms with Gasteiger partial charge < -0.3 is 5.11 Å². The molecule has 0 spiro atoms. The van der Waals surface area contributed by atoms with Gasteiger partial charge in [-0.15, -0.1) is 5.10 Å². The summed E-state index contributed by atoms with van der Waals surface area (Å²) in [6.45, 7) is 3.12. The second kappa shape index (κ2) is 4.64. The Kier molecular flexibility index (Phi) is 2.97. The third-order valence-electron chi connectivity index (χ3n) is 4.00. The molecule has 2 unspecified atom stereocenters. The van der Waals surface area contributed by atoms with Crippen molar-refractivity contribution in [3.05, 3.63) is 23.8 Å². The SMILES string of the molecule is CC1CCC(Cn2nnc3ccc(C(=O)O)cc32)C1. The molecular formula is C14H17N3O2. The van der Waals surface area contributed by atoms with Crippen LogP contribution in [0.4, 0.5) is 0 Å². The van der Waals surface area contributed by atoms with E-state index in [2.05, 4.69) is 17.2 Å². The minimum absolute atomic E-state index is 0.288. The number of carbonyl (C=O) groups is 1. The molecule has 0 radical (unpaired) electrons. The fourth-order valence-electron chi connectivity index (χ4n) is 2.97. The van der Waals surface area contributed by atoms with Crippen molar-refractivity contribution in [1.82, 2.24) is 15.0 Å². The molecule has 1 heterocycles. The van der Waals surface area contributed by atoms with E-state index in [1.807, 2.05) is 4.68 Å². The van der Waals surface area contributed by atoms with Gasteiger partial charge in [0.2, 0.25) is 0 Å². The molecule has 0 saturated heterocycles. The highest BCUT2D eigenvalue weighted by Crippen LogP contribution is 2.31. The smallest absolute Gasteiger partial charge is 0.335 e. The lowest BCUT2D eigenvalue weighted by Crippen LogP contribution is -2.09. The number of carboxylic acids is 1. The molecule has 0 bridgehead atoms. The number of aromatic nitrogens is 3. The van der Waals surface area contributed by atoms with Crippen molar-refractivity contribution in [2.45, 2.75) is 32.7 Å². The summed E-state index contributed by atoms with van der Waals surface area (Å²) in [6.07, 6.45) is 3.72. The molecule has 0 amide bonds. The summed E-state index contributed by atoms with van der Waals surface area (Å²) in [5.74, 6) is 0.506. The second-order valence-corrected chi connectivity index (χ2v) is 5.56. The lowest BCUT2D eigenvalue weighted by molar-refractivity contribution is 0.0697.